The molecule has 2 aromatic heterocycles. The lowest BCUT2D eigenvalue weighted by Gasteiger charge is -2.11. The number of rotatable bonds is 4. The number of benzene rings is 2. The minimum Gasteiger partial charge on any atom is -0.401 e. The lowest BCUT2D eigenvalue weighted by Crippen LogP contribution is -2.22. The molecule has 138 valence electrons. The van der Waals surface area contributed by atoms with Crippen LogP contribution in [0, 0.1) is 10.1 Å². The van der Waals surface area contributed by atoms with E-state index in [1.807, 2.05) is 18.2 Å². The van der Waals surface area contributed by atoms with Crippen LogP contribution in [0.3, 0.4) is 0 Å². The Morgan fingerprint density at radius 2 is 1.79 bits per heavy atom. The molecule has 0 atom stereocenters. The summed E-state index contributed by atoms with van der Waals surface area (Å²) in [6, 6.07) is 17.1. The Labute approximate surface area is 166 Å². The van der Waals surface area contributed by atoms with Crippen molar-refractivity contribution in [3.8, 4) is 5.69 Å². The molecule has 0 aliphatic rings. The van der Waals surface area contributed by atoms with Crippen molar-refractivity contribution in [2.75, 3.05) is 0 Å². The zero-order chi connectivity index (χ0) is 19.7. The largest absolute Gasteiger partial charge is 0.433 e. The second-order valence-electron chi connectivity index (χ2n) is 5.87. The standard InChI is InChI=1S/C20H12BrN3O4/c21-13-5-7-14(8-6-13)23-18(11-9-15-10-12-19(28-15)24(26)27)22-17-4-2-1-3-16(17)20(23)25/h1-12H. The first-order chi connectivity index (χ1) is 13.5. The fourth-order valence-electron chi connectivity index (χ4n) is 2.79. The highest BCUT2D eigenvalue weighted by molar-refractivity contribution is 9.10. The maximum atomic E-state index is 13.1. The van der Waals surface area contributed by atoms with Crippen molar-refractivity contribution in [2.24, 2.45) is 0 Å². The van der Waals surface area contributed by atoms with Gasteiger partial charge in [-0.1, -0.05) is 28.1 Å². The average Bonchev–Trinajstić information content (AvgIpc) is 3.17. The van der Waals surface area contributed by atoms with Gasteiger partial charge in [-0.3, -0.25) is 19.5 Å². The normalized spacial score (nSPS) is 11.3. The van der Waals surface area contributed by atoms with Crippen LogP contribution in [-0.2, 0) is 0 Å². The van der Waals surface area contributed by atoms with Gasteiger partial charge in [-0.05, 0) is 54.6 Å². The molecule has 0 N–H and O–H groups in total. The smallest absolute Gasteiger partial charge is 0.401 e. The Kier molecular flexibility index (Phi) is 4.62. The molecular formula is C20H12BrN3O4. The summed E-state index contributed by atoms with van der Waals surface area (Å²) >= 11 is 3.39. The number of furan rings is 1. The lowest BCUT2D eigenvalue weighted by molar-refractivity contribution is -0.402. The Hall–Kier alpha value is -3.52. The quantitative estimate of drug-likeness (QED) is 0.337. The van der Waals surface area contributed by atoms with E-state index < -0.39 is 4.92 Å². The molecule has 2 heterocycles. The monoisotopic (exact) mass is 437 g/mol. The number of para-hydroxylation sites is 1. The zero-order valence-corrected chi connectivity index (χ0v) is 15.9. The van der Waals surface area contributed by atoms with Gasteiger partial charge in [0.25, 0.3) is 5.56 Å². The van der Waals surface area contributed by atoms with E-state index in [2.05, 4.69) is 20.9 Å². The van der Waals surface area contributed by atoms with Crippen molar-refractivity contribution in [1.29, 1.82) is 0 Å². The first kappa shape index (κ1) is 17.9. The van der Waals surface area contributed by atoms with Crippen LogP contribution in [0.4, 0.5) is 5.88 Å². The number of hydrogen-bond donors (Lipinski definition) is 0. The van der Waals surface area contributed by atoms with E-state index in [0.717, 1.165) is 4.47 Å². The number of hydrogen-bond acceptors (Lipinski definition) is 5. The van der Waals surface area contributed by atoms with Gasteiger partial charge in [-0.25, -0.2) is 4.98 Å². The highest BCUT2D eigenvalue weighted by Gasteiger charge is 2.13. The van der Waals surface area contributed by atoms with Gasteiger partial charge >= 0.3 is 5.88 Å². The van der Waals surface area contributed by atoms with Crippen molar-refractivity contribution in [3.63, 3.8) is 0 Å². The summed E-state index contributed by atoms with van der Waals surface area (Å²) in [6.45, 7) is 0. The molecule has 4 rings (SSSR count). The molecule has 2 aromatic carbocycles. The fraction of sp³-hybridized carbons (Fsp3) is 0. The molecule has 7 nitrogen and oxygen atoms in total. The zero-order valence-electron chi connectivity index (χ0n) is 14.3. The number of halogens is 1. The molecule has 8 heteroatoms. The summed E-state index contributed by atoms with van der Waals surface area (Å²) in [5.74, 6) is 0.318. The van der Waals surface area contributed by atoms with Crippen molar-refractivity contribution in [2.45, 2.75) is 0 Å². The Morgan fingerprint density at radius 1 is 1.04 bits per heavy atom. The van der Waals surface area contributed by atoms with Crippen LogP contribution in [0.2, 0.25) is 0 Å². The predicted octanol–water partition coefficient (Wildman–Crippen LogP) is 4.82. The molecule has 0 bridgehead atoms. The number of nitro groups is 1. The van der Waals surface area contributed by atoms with Gasteiger partial charge in [0.15, 0.2) is 0 Å². The first-order valence-electron chi connectivity index (χ1n) is 8.23. The Morgan fingerprint density at radius 3 is 2.50 bits per heavy atom. The van der Waals surface area contributed by atoms with E-state index in [9.17, 15) is 14.9 Å². The van der Waals surface area contributed by atoms with E-state index in [1.54, 1.807) is 42.5 Å². The minimum absolute atomic E-state index is 0.210. The van der Waals surface area contributed by atoms with Gasteiger partial charge in [-0.2, -0.15) is 0 Å². The van der Waals surface area contributed by atoms with Gasteiger partial charge in [0.05, 0.1) is 22.7 Å². The molecule has 4 aromatic rings. The maximum Gasteiger partial charge on any atom is 0.433 e. The Balaban J connectivity index is 1.89. The molecule has 0 saturated heterocycles. The third kappa shape index (κ3) is 3.37. The van der Waals surface area contributed by atoms with E-state index in [4.69, 9.17) is 4.42 Å². The molecule has 0 amide bonds. The molecule has 0 fully saturated rings. The summed E-state index contributed by atoms with van der Waals surface area (Å²) in [4.78, 5) is 27.8. The summed E-state index contributed by atoms with van der Waals surface area (Å²) in [5, 5.41) is 11.3. The van der Waals surface area contributed by atoms with Crippen LogP contribution < -0.4 is 5.56 Å². The van der Waals surface area contributed by atoms with Crippen LogP contribution in [-0.4, -0.2) is 14.5 Å². The molecule has 0 spiro atoms. The second-order valence-corrected chi connectivity index (χ2v) is 6.79. The molecule has 0 aliphatic heterocycles. The lowest BCUT2D eigenvalue weighted by atomic mass is 10.2. The second kappa shape index (κ2) is 7.24. The predicted molar refractivity (Wildman–Crippen MR) is 109 cm³/mol. The Bertz CT molecular complexity index is 1270. The minimum atomic E-state index is -0.608. The molecule has 0 radical (unpaired) electrons. The topological polar surface area (TPSA) is 91.2 Å². The van der Waals surface area contributed by atoms with Crippen molar-refractivity contribution in [3.05, 3.63) is 97.2 Å². The maximum absolute atomic E-state index is 13.1. The number of fused-ring (bicyclic) bond motifs is 1. The van der Waals surface area contributed by atoms with Crippen LogP contribution in [0.15, 0.2) is 74.3 Å². The molecular weight excluding hydrogens is 426 g/mol. The van der Waals surface area contributed by atoms with Crippen LogP contribution >= 0.6 is 15.9 Å². The van der Waals surface area contributed by atoms with Gasteiger partial charge in [0.2, 0.25) is 0 Å². The van der Waals surface area contributed by atoms with E-state index >= 15 is 0 Å². The van der Waals surface area contributed by atoms with Crippen LogP contribution in [0.5, 0.6) is 0 Å². The first-order valence-corrected chi connectivity index (χ1v) is 9.02. The van der Waals surface area contributed by atoms with Gasteiger partial charge < -0.3 is 4.42 Å². The van der Waals surface area contributed by atoms with Crippen molar-refractivity contribution in [1.82, 2.24) is 9.55 Å². The SMILES string of the molecule is O=c1c2ccccc2nc(C=Cc2ccc([N+](=O)[O-])o2)n1-c1ccc(Br)cc1. The summed E-state index contributed by atoms with van der Waals surface area (Å²) in [5.41, 5.74) is 1.00. The summed E-state index contributed by atoms with van der Waals surface area (Å²) < 4.78 is 7.51. The highest BCUT2D eigenvalue weighted by atomic mass is 79.9. The van der Waals surface area contributed by atoms with Gasteiger partial charge in [0, 0.05) is 4.47 Å². The van der Waals surface area contributed by atoms with Crippen molar-refractivity contribution < 1.29 is 9.34 Å². The van der Waals surface area contributed by atoms with E-state index in [0.29, 0.717) is 22.4 Å². The third-order valence-corrected chi connectivity index (χ3v) is 4.60. The van der Waals surface area contributed by atoms with Gasteiger partial charge in [0.1, 0.15) is 16.5 Å². The van der Waals surface area contributed by atoms with Crippen LogP contribution in [0.25, 0.3) is 28.7 Å². The summed E-state index contributed by atoms with van der Waals surface area (Å²) in [6.07, 6.45) is 3.14. The number of nitrogens with zero attached hydrogens (tertiary/aromatic N) is 3. The van der Waals surface area contributed by atoms with Crippen molar-refractivity contribution >= 4 is 44.9 Å². The highest BCUT2D eigenvalue weighted by Crippen LogP contribution is 2.20. The fourth-order valence-corrected chi connectivity index (χ4v) is 3.05. The van der Waals surface area contributed by atoms with E-state index in [1.165, 1.54) is 16.7 Å². The van der Waals surface area contributed by atoms with E-state index in [-0.39, 0.29) is 17.2 Å². The van der Waals surface area contributed by atoms with Crippen LogP contribution in [0.1, 0.15) is 11.6 Å². The molecule has 0 saturated carbocycles. The summed E-state index contributed by atoms with van der Waals surface area (Å²) in [7, 11) is 0. The average molecular weight is 438 g/mol. The molecule has 0 aliphatic carbocycles. The molecule has 0 unspecified atom stereocenters. The molecule has 28 heavy (non-hydrogen) atoms. The van der Waals surface area contributed by atoms with Gasteiger partial charge in [-0.15, -0.1) is 0 Å². The number of aromatic nitrogens is 2. The third-order valence-electron chi connectivity index (χ3n) is 4.08.